The molecule has 2 aromatic rings. The minimum absolute atomic E-state index is 0.126. The Kier molecular flexibility index (Phi) is 5.04. The molecule has 0 aliphatic rings. The third-order valence-corrected chi connectivity index (χ3v) is 2.67. The zero-order valence-corrected chi connectivity index (χ0v) is 11.5. The molecule has 0 atom stereocenters. The van der Waals surface area contributed by atoms with Crippen LogP contribution in [0.4, 0.5) is 10.1 Å². The van der Waals surface area contributed by atoms with Gasteiger partial charge in [0.2, 0.25) is 0 Å². The predicted octanol–water partition coefficient (Wildman–Crippen LogP) is 3.12. The first-order valence-electron chi connectivity index (χ1n) is 6.41. The zero-order valence-electron chi connectivity index (χ0n) is 11.5. The molecule has 5 heteroatoms. The minimum Gasteiger partial charge on any atom is -0.386 e. The lowest BCUT2D eigenvalue weighted by Gasteiger charge is -2.06. The standard InChI is InChI=1S/C16H15FN2O2/c1-12-7-8-15(14(17)9-12)19-16(20)11-21-18-10-13-5-3-2-4-6-13/h2-10H,11H2,1H3,(H,19,20)/b18-10+. The van der Waals surface area contributed by atoms with Crippen LogP contribution < -0.4 is 5.32 Å². The van der Waals surface area contributed by atoms with Crippen molar-refractivity contribution in [1.82, 2.24) is 0 Å². The van der Waals surface area contributed by atoms with Gasteiger partial charge in [-0.2, -0.15) is 0 Å². The van der Waals surface area contributed by atoms with E-state index in [-0.39, 0.29) is 12.3 Å². The number of amides is 1. The lowest BCUT2D eigenvalue weighted by Crippen LogP contribution is -2.17. The summed E-state index contributed by atoms with van der Waals surface area (Å²) in [6.07, 6.45) is 1.50. The van der Waals surface area contributed by atoms with Crippen LogP contribution in [0.5, 0.6) is 0 Å². The van der Waals surface area contributed by atoms with Crippen molar-refractivity contribution in [3.8, 4) is 0 Å². The first-order chi connectivity index (χ1) is 10.1. The highest BCUT2D eigenvalue weighted by Crippen LogP contribution is 2.14. The van der Waals surface area contributed by atoms with Gasteiger partial charge in [-0.15, -0.1) is 0 Å². The Morgan fingerprint density at radius 1 is 1.29 bits per heavy atom. The molecule has 0 bridgehead atoms. The Bertz CT molecular complexity index is 642. The first-order valence-corrected chi connectivity index (χ1v) is 6.41. The van der Waals surface area contributed by atoms with Gasteiger partial charge < -0.3 is 10.2 Å². The van der Waals surface area contributed by atoms with Gasteiger partial charge >= 0.3 is 0 Å². The molecule has 0 spiro atoms. The molecule has 108 valence electrons. The molecule has 2 rings (SSSR count). The summed E-state index contributed by atoms with van der Waals surface area (Å²) >= 11 is 0. The molecule has 0 heterocycles. The second kappa shape index (κ2) is 7.19. The molecule has 1 N–H and O–H groups in total. The molecular weight excluding hydrogens is 271 g/mol. The number of rotatable bonds is 5. The second-order valence-corrected chi connectivity index (χ2v) is 4.45. The highest BCUT2D eigenvalue weighted by Gasteiger charge is 2.07. The Hall–Kier alpha value is -2.69. The van der Waals surface area contributed by atoms with Crippen molar-refractivity contribution >= 4 is 17.8 Å². The van der Waals surface area contributed by atoms with Crippen LogP contribution in [-0.4, -0.2) is 18.7 Å². The van der Waals surface area contributed by atoms with E-state index >= 15 is 0 Å². The van der Waals surface area contributed by atoms with Crippen molar-refractivity contribution in [2.24, 2.45) is 5.16 Å². The number of halogens is 1. The van der Waals surface area contributed by atoms with Crippen LogP contribution in [0, 0.1) is 12.7 Å². The van der Waals surface area contributed by atoms with Gasteiger partial charge in [-0.1, -0.05) is 41.6 Å². The van der Waals surface area contributed by atoms with E-state index in [1.165, 1.54) is 18.3 Å². The third kappa shape index (κ3) is 4.72. The second-order valence-electron chi connectivity index (χ2n) is 4.45. The maximum atomic E-state index is 13.5. The van der Waals surface area contributed by atoms with E-state index in [1.54, 1.807) is 13.0 Å². The minimum atomic E-state index is -0.476. The summed E-state index contributed by atoms with van der Waals surface area (Å²) in [4.78, 5) is 16.5. The van der Waals surface area contributed by atoms with E-state index in [0.29, 0.717) is 0 Å². The number of hydrogen-bond donors (Lipinski definition) is 1. The van der Waals surface area contributed by atoms with Crippen LogP contribution in [0.15, 0.2) is 53.7 Å². The van der Waals surface area contributed by atoms with Crippen molar-refractivity contribution in [2.75, 3.05) is 11.9 Å². The number of benzene rings is 2. The van der Waals surface area contributed by atoms with E-state index in [9.17, 15) is 9.18 Å². The summed E-state index contributed by atoms with van der Waals surface area (Å²) < 4.78 is 13.5. The number of oxime groups is 1. The number of nitrogens with one attached hydrogen (secondary N) is 1. The number of hydrogen-bond acceptors (Lipinski definition) is 3. The predicted molar refractivity (Wildman–Crippen MR) is 79.8 cm³/mol. The van der Waals surface area contributed by atoms with Crippen molar-refractivity contribution in [1.29, 1.82) is 0 Å². The molecule has 0 saturated heterocycles. The summed E-state index contributed by atoms with van der Waals surface area (Å²) in [5.74, 6) is -0.945. The Morgan fingerprint density at radius 3 is 2.76 bits per heavy atom. The Morgan fingerprint density at radius 2 is 2.05 bits per heavy atom. The number of anilines is 1. The normalized spacial score (nSPS) is 10.6. The molecular formula is C16H15FN2O2. The number of carbonyl (C=O) groups excluding carboxylic acids is 1. The van der Waals surface area contributed by atoms with Gasteiger partial charge in [0, 0.05) is 0 Å². The van der Waals surface area contributed by atoms with Gasteiger partial charge in [0.15, 0.2) is 6.61 Å². The summed E-state index contributed by atoms with van der Waals surface area (Å²) in [5.41, 5.74) is 1.78. The molecule has 0 aliphatic carbocycles. The highest BCUT2D eigenvalue weighted by atomic mass is 19.1. The van der Waals surface area contributed by atoms with E-state index in [2.05, 4.69) is 10.5 Å². The largest absolute Gasteiger partial charge is 0.386 e. The van der Waals surface area contributed by atoms with Gasteiger partial charge in [0.1, 0.15) is 5.82 Å². The molecule has 1 amide bonds. The van der Waals surface area contributed by atoms with Crippen LogP contribution >= 0.6 is 0 Å². The van der Waals surface area contributed by atoms with Crippen molar-refractivity contribution in [3.63, 3.8) is 0 Å². The molecule has 0 aliphatic heterocycles. The Balaban J connectivity index is 1.81. The summed E-state index contributed by atoms with van der Waals surface area (Å²) in [6.45, 7) is 1.49. The molecule has 2 aromatic carbocycles. The zero-order chi connectivity index (χ0) is 15.1. The molecule has 4 nitrogen and oxygen atoms in total. The molecule has 0 radical (unpaired) electrons. The number of aryl methyl sites for hydroxylation is 1. The lowest BCUT2D eigenvalue weighted by molar-refractivity contribution is -0.120. The maximum absolute atomic E-state index is 13.5. The fourth-order valence-electron chi connectivity index (χ4n) is 1.64. The topological polar surface area (TPSA) is 50.7 Å². The van der Waals surface area contributed by atoms with E-state index < -0.39 is 11.7 Å². The SMILES string of the molecule is Cc1ccc(NC(=O)CO/N=C/c2ccccc2)c(F)c1. The molecule has 0 aromatic heterocycles. The number of carbonyl (C=O) groups is 1. The first kappa shape index (κ1) is 14.7. The van der Waals surface area contributed by atoms with E-state index in [0.717, 1.165) is 11.1 Å². The van der Waals surface area contributed by atoms with Gasteiger partial charge in [0.05, 0.1) is 11.9 Å². The van der Waals surface area contributed by atoms with Crippen LogP contribution in [0.3, 0.4) is 0 Å². The van der Waals surface area contributed by atoms with Crippen LogP contribution in [0.25, 0.3) is 0 Å². The summed E-state index contributed by atoms with van der Waals surface area (Å²) in [5, 5.41) is 6.10. The van der Waals surface area contributed by atoms with Crippen molar-refractivity contribution in [2.45, 2.75) is 6.92 Å². The summed E-state index contributed by atoms with van der Waals surface area (Å²) in [6, 6.07) is 13.9. The Labute approximate surface area is 122 Å². The van der Waals surface area contributed by atoms with Gasteiger partial charge in [-0.05, 0) is 30.2 Å². The van der Waals surface area contributed by atoms with Gasteiger partial charge in [0.25, 0.3) is 5.91 Å². The lowest BCUT2D eigenvalue weighted by atomic mass is 10.2. The van der Waals surface area contributed by atoms with Crippen LogP contribution in [-0.2, 0) is 9.63 Å². The van der Waals surface area contributed by atoms with Gasteiger partial charge in [-0.25, -0.2) is 4.39 Å². The fraction of sp³-hybridized carbons (Fsp3) is 0.125. The quantitative estimate of drug-likeness (QED) is 0.678. The maximum Gasteiger partial charge on any atom is 0.265 e. The van der Waals surface area contributed by atoms with Gasteiger partial charge in [-0.3, -0.25) is 4.79 Å². The molecule has 0 saturated carbocycles. The average Bonchev–Trinajstić information content (AvgIpc) is 2.48. The molecule has 21 heavy (non-hydrogen) atoms. The highest BCUT2D eigenvalue weighted by molar-refractivity contribution is 5.91. The third-order valence-electron chi connectivity index (χ3n) is 2.67. The smallest absolute Gasteiger partial charge is 0.265 e. The number of nitrogens with zero attached hydrogens (tertiary/aromatic N) is 1. The summed E-state index contributed by atoms with van der Waals surface area (Å²) in [7, 11) is 0. The van der Waals surface area contributed by atoms with Crippen molar-refractivity contribution < 1.29 is 14.0 Å². The van der Waals surface area contributed by atoms with Crippen LogP contribution in [0.2, 0.25) is 0 Å². The fourth-order valence-corrected chi connectivity index (χ4v) is 1.64. The van der Waals surface area contributed by atoms with E-state index in [4.69, 9.17) is 4.84 Å². The molecule has 0 unspecified atom stereocenters. The average molecular weight is 286 g/mol. The monoisotopic (exact) mass is 286 g/mol. The van der Waals surface area contributed by atoms with E-state index in [1.807, 2.05) is 30.3 Å². The molecule has 0 fully saturated rings. The van der Waals surface area contributed by atoms with Crippen LogP contribution in [0.1, 0.15) is 11.1 Å². The van der Waals surface area contributed by atoms with Crippen molar-refractivity contribution in [3.05, 3.63) is 65.5 Å².